The molecule has 1 amide bonds. The third-order valence-electron chi connectivity index (χ3n) is 5.49. The number of rotatable bonds is 4. The number of hydrogen-bond donors (Lipinski definition) is 2. The molecule has 0 aliphatic carbocycles. The van der Waals surface area contributed by atoms with Gasteiger partial charge in [0, 0.05) is 18.5 Å². The zero-order chi connectivity index (χ0) is 16.5. The maximum Gasteiger partial charge on any atom is 0.220 e. The van der Waals surface area contributed by atoms with Gasteiger partial charge in [-0.15, -0.1) is 12.4 Å². The average molecular weight is 367 g/mol. The first-order valence-electron chi connectivity index (χ1n) is 9.12. The largest absolute Gasteiger partial charge is 0.486 e. The van der Waals surface area contributed by atoms with E-state index in [0.717, 1.165) is 29.9 Å². The molecule has 0 spiro atoms. The molecule has 1 aromatic carbocycles. The van der Waals surface area contributed by atoms with Gasteiger partial charge in [-0.3, -0.25) is 4.79 Å². The highest BCUT2D eigenvalue weighted by Crippen LogP contribution is 2.34. The van der Waals surface area contributed by atoms with Crippen LogP contribution in [-0.2, 0) is 4.79 Å². The van der Waals surface area contributed by atoms with E-state index in [1.54, 1.807) is 0 Å². The highest BCUT2D eigenvalue weighted by molar-refractivity contribution is 5.85. The fourth-order valence-electron chi connectivity index (χ4n) is 4.32. The van der Waals surface area contributed by atoms with Gasteiger partial charge in [-0.2, -0.15) is 0 Å². The molecule has 3 aliphatic heterocycles. The maximum absolute atomic E-state index is 12.4. The summed E-state index contributed by atoms with van der Waals surface area (Å²) in [6.07, 6.45) is 5.47. The van der Waals surface area contributed by atoms with Crippen LogP contribution in [0.2, 0.25) is 0 Å². The molecule has 3 atom stereocenters. The van der Waals surface area contributed by atoms with E-state index in [9.17, 15) is 4.79 Å². The SMILES string of the molecule is CC(NC(=O)CC1CC2CCC(C1)N2)c1ccc2c(c1)OCCO2.Cl. The average Bonchev–Trinajstić information content (AvgIpc) is 2.92. The summed E-state index contributed by atoms with van der Waals surface area (Å²) in [4.78, 5) is 12.4. The van der Waals surface area contributed by atoms with Crippen molar-refractivity contribution >= 4 is 18.3 Å². The summed E-state index contributed by atoms with van der Waals surface area (Å²) in [5.41, 5.74) is 1.05. The summed E-state index contributed by atoms with van der Waals surface area (Å²) >= 11 is 0. The lowest BCUT2D eigenvalue weighted by Gasteiger charge is -2.29. The molecule has 4 rings (SSSR count). The number of benzene rings is 1. The third-order valence-corrected chi connectivity index (χ3v) is 5.49. The molecular weight excluding hydrogens is 340 g/mol. The molecule has 138 valence electrons. The van der Waals surface area contributed by atoms with Crippen molar-refractivity contribution in [1.82, 2.24) is 10.6 Å². The molecule has 2 bridgehead atoms. The van der Waals surface area contributed by atoms with E-state index in [1.165, 1.54) is 12.8 Å². The lowest BCUT2D eigenvalue weighted by Crippen LogP contribution is -2.40. The third kappa shape index (κ3) is 4.21. The summed E-state index contributed by atoms with van der Waals surface area (Å²) in [6, 6.07) is 7.16. The van der Waals surface area contributed by atoms with Crippen molar-refractivity contribution in [1.29, 1.82) is 0 Å². The van der Waals surface area contributed by atoms with E-state index in [1.807, 2.05) is 25.1 Å². The topological polar surface area (TPSA) is 59.6 Å². The Morgan fingerprint density at radius 3 is 2.60 bits per heavy atom. The molecule has 2 fully saturated rings. The number of hydrogen-bond acceptors (Lipinski definition) is 4. The summed E-state index contributed by atoms with van der Waals surface area (Å²) in [5.74, 6) is 2.24. The van der Waals surface area contributed by atoms with Crippen LogP contribution in [0.5, 0.6) is 11.5 Å². The molecule has 1 aromatic rings. The Labute approximate surface area is 155 Å². The van der Waals surface area contributed by atoms with Crippen molar-refractivity contribution in [2.75, 3.05) is 13.2 Å². The lowest BCUT2D eigenvalue weighted by atomic mass is 9.89. The summed E-state index contributed by atoms with van der Waals surface area (Å²) < 4.78 is 11.2. The van der Waals surface area contributed by atoms with Gasteiger partial charge >= 0.3 is 0 Å². The molecule has 0 radical (unpaired) electrons. The number of carbonyl (C=O) groups is 1. The van der Waals surface area contributed by atoms with E-state index in [-0.39, 0.29) is 24.4 Å². The molecule has 3 aliphatic rings. The molecule has 6 heteroatoms. The molecule has 5 nitrogen and oxygen atoms in total. The molecule has 25 heavy (non-hydrogen) atoms. The summed E-state index contributed by atoms with van der Waals surface area (Å²) in [7, 11) is 0. The molecule has 0 saturated carbocycles. The molecule has 2 saturated heterocycles. The Bertz CT molecular complexity index is 613. The molecule has 3 unspecified atom stereocenters. The fourth-order valence-corrected chi connectivity index (χ4v) is 4.32. The second-order valence-corrected chi connectivity index (χ2v) is 7.37. The molecule has 0 aromatic heterocycles. The Balaban J connectivity index is 0.00000182. The highest BCUT2D eigenvalue weighted by Gasteiger charge is 2.34. The Morgan fingerprint density at radius 1 is 1.20 bits per heavy atom. The van der Waals surface area contributed by atoms with Crippen molar-refractivity contribution in [2.45, 2.75) is 57.2 Å². The minimum Gasteiger partial charge on any atom is -0.486 e. The van der Waals surface area contributed by atoms with Crippen LogP contribution in [0.1, 0.15) is 50.6 Å². The number of amides is 1. The van der Waals surface area contributed by atoms with Crippen LogP contribution in [0.25, 0.3) is 0 Å². The standard InChI is InChI=1S/C19H26N2O3.ClH/c1-12(14-2-5-17-18(11-14)24-7-6-23-17)20-19(22)10-13-8-15-3-4-16(9-13)21-15;/h2,5,11-13,15-16,21H,3-4,6-10H2,1H3,(H,20,22);1H. The predicted molar refractivity (Wildman–Crippen MR) is 98.5 cm³/mol. The first-order valence-corrected chi connectivity index (χ1v) is 9.12. The zero-order valence-corrected chi connectivity index (χ0v) is 15.4. The van der Waals surface area contributed by atoms with Crippen molar-refractivity contribution < 1.29 is 14.3 Å². The van der Waals surface area contributed by atoms with E-state index < -0.39 is 0 Å². The number of piperidine rings is 1. The van der Waals surface area contributed by atoms with Gasteiger partial charge in [0.15, 0.2) is 11.5 Å². The first kappa shape index (κ1) is 18.3. The quantitative estimate of drug-likeness (QED) is 0.860. The number of carbonyl (C=O) groups excluding carboxylic acids is 1. The van der Waals surface area contributed by atoms with E-state index in [0.29, 0.717) is 37.6 Å². The van der Waals surface area contributed by atoms with Crippen molar-refractivity contribution in [3.05, 3.63) is 23.8 Å². The van der Waals surface area contributed by atoms with Crippen LogP contribution in [0.15, 0.2) is 18.2 Å². The normalized spacial score (nSPS) is 28.0. The summed E-state index contributed by atoms with van der Waals surface area (Å²) in [5, 5.41) is 6.78. The van der Waals surface area contributed by atoms with Gasteiger partial charge in [0.05, 0.1) is 6.04 Å². The smallest absolute Gasteiger partial charge is 0.220 e. The van der Waals surface area contributed by atoms with E-state index in [4.69, 9.17) is 9.47 Å². The van der Waals surface area contributed by atoms with Gasteiger partial charge in [-0.25, -0.2) is 0 Å². The van der Waals surface area contributed by atoms with E-state index in [2.05, 4.69) is 10.6 Å². The van der Waals surface area contributed by atoms with Crippen LogP contribution in [-0.4, -0.2) is 31.2 Å². The predicted octanol–water partition coefficient (Wildman–Crippen LogP) is 2.98. The second kappa shape index (κ2) is 7.83. The van der Waals surface area contributed by atoms with Crippen LogP contribution in [0.4, 0.5) is 0 Å². The van der Waals surface area contributed by atoms with Gasteiger partial charge in [0.25, 0.3) is 0 Å². The number of fused-ring (bicyclic) bond motifs is 3. The van der Waals surface area contributed by atoms with Crippen LogP contribution in [0, 0.1) is 5.92 Å². The minimum absolute atomic E-state index is 0. The van der Waals surface area contributed by atoms with Crippen LogP contribution >= 0.6 is 12.4 Å². The highest BCUT2D eigenvalue weighted by atomic mass is 35.5. The van der Waals surface area contributed by atoms with Crippen LogP contribution in [0.3, 0.4) is 0 Å². The van der Waals surface area contributed by atoms with Crippen molar-refractivity contribution in [3.8, 4) is 11.5 Å². The summed E-state index contributed by atoms with van der Waals surface area (Å²) in [6.45, 7) is 3.20. The number of nitrogens with one attached hydrogen (secondary N) is 2. The molecular formula is C19H27ClN2O3. The van der Waals surface area contributed by atoms with Gasteiger partial charge in [-0.1, -0.05) is 6.07 Å². The van der Waals surface area contributed by atoms with Gasteiger partial charge in [-0.05, 0) is 56.2 Å². The Hall–Kier alpha value is -1.46. The Morgan fingerprint density at radius 2 is 1.88 bits per heavy atom. The first-order chi connectivity index (χ1) is 11.7. The Kier molecular flexibility index (Phi) is 5.74. The monoisotopic (exact) mass is 366 g/mol. The maximum atomic E-state index is 12.4. The zero-order valence-electron chi connectivity index (χ0n) is 14.6. The van der Waals surface area contributed by atoms with Gasteiger partial charge < -0.3 is 20.1 Å². The number of ether oxygens (including phenoxy) is 2. The minimum atomic E-state index is -0.0215. The van der Waals surface area contributed by atoms with Gasteiger partial charge in [0.1, 0.15) is 13.2 Å². The van der Waals surface area contributed by atoms with Gasteiger partial charge in [0.2, 0.25) is 5.91 Å². The van der Waals surface area contributed by atoms with Crippen molar-refractivity contribution in [2.24, 2.45) is 5.92 Å². The van der Waals surface area contributed by atoms with Crippen molar-refractivity contribution in [3.63, 3.8) is 0 Å². The molecule has 3 heterocycles. The second-order valence-electron chi connectivity index (χ2n) is 7.37. The lowest BCUT2D eigenvalue weighted by molar-refractivity contribution is -0.122. The van der Waals surface area contributed by atoms with E-state index >= 15 is 0 Å². The van der Waals surface area contributed by atoms with Crippen LogP contribution < -0.4 is 20.1 Å². The number of halogens is 1. The fraction of sp³-hybridized carbons (Fsp3) is 0.632. The molecule has 2 N–H and O–H groups in total.